The van der Waals surface area contributed by atoms with Crippen molar-refractivity contribution in [3.05, 3.63) is 36.5 Å². The van der Waals surface area contributed by atoms with Crippen molar-refractivity contribution in [1.82, 2.24) is 9.80 Å². The van der Waals surface area contributed by atoms with E-state index in [9.17, 15) is 4.79 Å². The first-order chi connectivity index (χ1) is 25.5. The summed E-state index contributed by atoms with van der Waals surface area (Å²) in [5.41, 5.74) is -0.320. The number of allylic oxidation sites excluding steroid dienone is 6. The van der Waals surface area contributed by atoms with Gasteiger partial charge in [0.25, 0.3) is 0 Å². The van der Waals surface area contributed by atoms with E-state index in [2.05, 4.69) is 60.4 Å². The van der Waals surface area contributed by atoms with Gasteiger partial charge in [-0.05, 0) is 111 Å². The van der Waals surface area contributed by atoms with Gasteiger partial charge in [-0.3, -0.25) is 4.79 Å². The molecule has 0 saturated carbocycles. The smallest absolute Gasteiger partial charge is 0.222 e. The molecule has 2 fully saturated rings. The van der Waals surface area contributed by atoms with E-state index in [0.717, 1.165) is 51.6 Å². The molecule has 2 heterocycles. The summed E-state index contributed by atoms with van der Waals surface area (Å²) in [5, 5.41) is 0. The summed E-state index contributed by atoms with van der Waals surface area (Å²) in [6, 6.07) is 0. The third-order valence-electron chi connectivity index (χ3n) is 11.8. The van der Waals surface area contributed by atoms with Crippen molar-refractivity contribution in [2.24, 2.45) is 0 Å². The largest absolute Gasteiger partial charge is 0.347 e. The van der Waals surface area contributed by atoms with E-state index in [1.807, 2.05) is 0 Å². The number of rotatable bonds is 4. The Morgan fingerprint density at radius 1 is 0.577 bits per heavy atom. The summed E-state index contributed by atoms with van der Waals surface area (Å²) in [6.45, 7) is 3.17. The zero-order chi connectivity index (χ0) is 36.8. The lowest BCUT2D eigenvalue weighted by atomic mass is 9.93. The number of carbonyl (C=O) groups excluding carboxylic acids is 1. The molecule has 2 aliphatic heterocycles. The topological polar surface area (TPSA) is 42.0 Å². The van der Waals surface area contributed by atoms with E-state index in [4.69, 9.17) is 9.47 Å². The van der Waals surface area contributed by atoms with Gasteiger partial charge in [0.2, 0.25) is 5.91 Å². The van der Waals surface area contributed by atoms with Crippen molar-refractivity contribution in [3.8, 4) is 0 Å². The summed E-state index contributed by atoms with van der Waals surface area (Å²) in [6.07, 6.45) is 54.1. The zero-order valence-electron chi connectivity index (χ0n) is 34.5. The van der Waals surface area contributed by atoms with E-state index in [1.165, 1.54) is 161 Å². The highest BCUT2D eigenvalue weighted by Gasteiger charge is 2.51. The third-order valence-corrected chi connectivity index (χ3v) is 11.8. The van der Waals surface area contributed by atoms with Crippen molar-refractivity contribution in [2.75, 3.05) is 40.3 Å². The summed E-state index contributed by atoms with van der Waals surface area (Å²) in [5.74, 6) is -0.172. The van der Waals surface area contributed by atoms with E-state index in [0.29, 0.717) is 19.6 Å². The molecule has 3 rings (SSSR count). The Labute approximate surface area is 322 Å². The predicted molar refractivity (Wildman–Crippen MR) is 223 cm³/mol. The highest BCUT2D eigenvalue weighted by atomic mass is 16.8. The van der Waals surface area contributed by atoms with Crippen molar-refractivity contribution in [3.63, 3.8) is 0 Å². The van der Waals surface area contributed by atoms with Crippen LogP contribution in [0.5, 0.6) is 0 Å². The Balaban J connectivity index is 1.44. The van der Waals surface area contributed by atoms with Crippen LogP contribution in [-0.2, 0) is 14.3 Å². The van der Waals surface area contributed by atoms with Gasteiger partial charge in [0.05, 0.1) is 13.2 Å². The summed E-state index contributed by atoms with van der Waals surface area (Å²) < 4.78 is 13.8. The molecule has 2 saturated heterocycles. The van der Waals surface area contributed by atoms with E-state index in [1.54, 1.807) is 0 Å². The molecule has 0 aromatic carbocycles. The van der Waals surface area contributed by atoms with Crippen LogP contribution in [0.3, 0.4) is 0 Å². The second kappa shape index (κ2) is 28.9. The maximum atomic E-state index is 13.1. The van der Waals surface area contributed by atoms with E-state index in [-0.39, 0.29) is 11.5 Å². The molecule has 2 unspecified atom stereocenters. The molecule has 0 aromatic heterocycles. The van der Waals surface area contributed by atoms with Gasteiger partial charge in [0.15, 0.2) is 5.79 Å². The summed E-state index contributed by atoms with van der Waals surface area (Å²) in [7, 11) is 4.16. The number of amides is 1. The Kier molecular flexibility index (Phi) is 25.0. The van der Waals surface area contributed by atoms with Crippen molar-refractivity contribution in [1.29, 1.82) is 0 Å². The molecule has 0 aromatic rings. The van der Waals surface area contributed by atoms with Crippen LogP contribution in [-0.4, -0.2) is 67.4 Å². The molecule has 0 bridgehead atoms. The SMILES string of the molecule is CN(C)CCCC(=O)N1CCCC2(COC3(CCCCCCCCC=CCC=CCCCCCCCCCCCC=CCCCCCCCC3)O2)C1. The lowest BCUT2D eigenvalue weighted by Crippen LogP contribution is -2.52. The molecule has 5 nitrogen and oxygen atoms in total. The average molecular weight is 725 g/mol. The number of ether oxygens (including phenoxy) is 2. The van der Waals surface area contributed by atoms with E-state index < -0.39 is 5.79 Å². The van der Waals surface area contributed by atoms with Gasteiger partial charge in [-0.15, -0.1) is 0 Å². The van der Waals surface area contributed by atoms with Gasteiger partial charge in [-0.25, -0.2) is 0 Å². The second-order valence-electron chi connectivity index (χ2n) is 17.0. The minimum atomic E-state index is -0.461. The molecule has 2 spiro atoms. The van der Waals surface area contributed by atoms with E-state index >= 15 is 0 Å². The Morgan fingerprint density at radius 3 is 1.50 bits per heavy atom. The Hall–Kier alpha value is -1.43. The van der Waals surface area contributed by atoms with Crippen LogP contribution in [0.2, 0.25) is 0 Å². The Bertz CT molecular complexity index is 976. The fourth-order valence-corrected chi connectivity index (χ4v) is 8.54. The van der Waals surface area contributed by atoms with Crippen LogP contribution >= 0.6 is 0 Å². The molecule has 300 valence electrons. The average Bonchev–Trinajstić information content (AvgIpc) is 3.47. The minimum absolute atomic E-state index is 0.289. The number of likely N-dealkylation sites (tertiary alicyclic amines) is 1. The van der Waals surface area contributed by atoms with Crippen molar-refractivity contribution >= 4 is 5.91 Å². The van der Waals surface area contributed by atoms with Crippen LogP contribution in [0, 0.1) is 0 Å². The molecule has 3 aliphatic rings. The van der Waals surface area contributed by atoms with Crippen molar-refractivity contribution in [2.45, 2.75) is 217 Å². The summed E-state index contributed by atoms with van der Waals surface area (Å²) in [4.78, 5) is 17.4. The van der Waals surface area contributed by atoms with Crippen molar-refractivity contribution < 1.29 is 14.3 Å². The highest BCUT2D eigenvalue weighted by Crippen LogP contribution is 2.43. The normalized spacial score (nSPS) is 27.8. The van der Waals surface area contributed by atoms with Crippen LogP contribution < -0.4 is 0 Å². The first kappa shape index (κ1) is 45.0. The quantitative estimate of drug-likeness (QED) is 0.271. The summed E-state index contributed by atoms with van der Waals surface area (Å²) >= 11 is 0. The molecular formula is C47H84N2O3. The van der Waals surface area contributed by atoms with Gasteiger partial charge in [-0.2, -0.15) is 0 Å². The molecule has 5 heteroatoms. The lowest BCUT2D eigenvalue weighted by molar-refractivity contribution is -0.206. The number of hydrogen-bond acceptors (Lipinski definition) is 4. The van der Waals surface area contributed by atoms with Gasteiger partial charge in [-0.1, -0.05) is 133 Å². The number of carbonyl (C=O) groups is 1. The first-order valence-corrected chi connectivity index (χ1v) is 22.7. The fourth-order valence-electron chi connectivity index (χ4n) is 8.54. The zero-order valence-corrected chi connectivity index (χ0v) is 34.5. The lowest BCUT2D eigenvalue weighted by Gasteiger charge is -2.40. The second-order valence-corrected chi connectivity index (χ2v) is 17.0. The molecule has 1 aliphatic carbocycles. The maximum absolute atomic E-state index is 13.1. The monoisotopic (exact) mass is 725 g/mol. The minimum Gasteiger partial charge on any atom is -0.347 e. The van der Waals surface area contributed by atoms with Crippen LogP contribution in [0.15, 0.2) is 36.5 Å². The van der Waals surface area contributed by atoms with Crippen LogP contribution in [0.25, 0.3) is 0 Å². The first-order valence-electron chi connectivity index (χ1n) is 22.7. The van der Waals surface area contributed by atoms with Crippen LogP contribution in [0.1, 0.15) is 205 Å². The maximum Gasteiger partial charge on any atom is 0.222 e. The third kappa shape index (κ3) is 20.9. The van der Waals surface area contributed by atoms with Gasteiger partial charge in [0.1, 0.15) is 5.60 Å². The number of piperidine rings is 1. The fraction of sp³-hybridized carbons (Fsp3) is 0.851. The molecule has 0 N–H and O–H groups in total. The van der Waals surface area contributed by atoms with Gasteiger partial charge >= 0.3 is 0 Å². The number of nitrogens with zero attached hydrogens (tertiary/aromatic N) is 2. The highest BCUT2D eigenvalue weighted by molar-refractivity contribution is 5.76. The molecule has 2 atom stereocenters. The van der Waals surface area contributed by atoms with Crippen LogP contribution in [0.4, 0.5) is 0 Å². The predicted octanol–water partition coefficient (Wildman–Crippen LogP) is 13.0. The molecular weight excluding hydrogens is 641 g/mol. The number of hydrogen-bond donors (Lipinski definition) is 0. The molecule has 0 radical (unpaired) electrons. The van der Waals surface area contributed by atoms with Gasteiger partial charge in [0, 0.05) is 25.8 Å². The Morgan fingerprint density at radius 2 is 1.02 bits per heavy atom. The van der Waals surface area contributed by atoms with Gasteiger partial charge < -0.3 is 19.3 Å². The molecule has 1 amide bonds. The standard InChI is InChI=1S/C47H84N2O3/c1-48(2)41-35-37-45(50)49-42-36-38-46(43-49)44-51-47(52-46)39-33-31-29-27-25-23-21-19-17-15-13-11-9-7-5-3-4-6-8-10-12-14-16-18-20-22-24-26-28-30-32-34-40-47/h11,13,17-20H,3-10,12,14-16,21-44H2,1-2H3. The molecule has 52 heavy (non-hydrogen) atoms.